The number of nitrogens with one attached hydrogen (secondary N) is 1. The van der Waals surface area contributed by atoms with Crippen LogP contribution in [-0.4, -0.2) is 29.9 Å². The molecular formula is C22H28N2O3. The first-order valence-corrected chi connectivity index (χ1v) is 9.29. The third kappa shape index (κ3) is 6.13. The van der Waals surface area contributed by atoms with Crippen LogP contribution < -0.4 is 10.1 Å². The van der Waals surface area contributed by atoms with Crippen molar-refractivity contribution in [1.29, 1.82) is 0 Å². The van der Waals surface area contributed by atoms with Crippen LogP contribution in [0.5, 0.6) is 5.75 Å². The number of methoxy groups -OCH3 is 1. The highest BCUT2D eigenvalue weighted by Crippen LogP contribution is 2.13. The molecule has 2 rings (SSSR count). The van der Waals surface area contributed by atoms with Gasteiger partial charge in [0.25, 0.3) is 0 Å². The summed E-state index contributed by atoms with van der Waals surface area (Å²) in [4.78, 5) is 26.9. The first-order chi connectivity index (χ1) is 13.0. The topological polar surface area (TPSA) is 58.6 Å². The molecule has 2 amide bonds. The van der Waals surface area contributed by atoms with E-state index in [1.165, 1.54) is 0 Å². The third-order valence-electron chi connectivity index (χ3n) is 4.45. The van der Waals surface area contributed by atoms with Gasteiger partial charge in [0.1, 0.15) is 11.8 Å². The van der Waals surface area contributed by atoms with Gasteiger partial charge in [0.15, 0.2) is 0 Å². The van der Waals surface area contributed by atoms with E-state index in [0.29, 0.717) is 19.5 Å². The number of rotatable bonds is 9. The molecule has 5 nitrogen and oxygen atoms in total. The molecule has 0 saturated heterocycles. The fourth-order valence-corrected chi connectivity index (χ4v) is 2.80. The molecule has 2 aromatic rings. The van der Waals surface area contributed by atoms with Crippen molar-refractivity contribution in [2.45, 2.75) is 45.8 Å². The van der Waals surface area contributed by atoms with Crippen molar-refractivity contribution >= 4 is 11.8 Å². The Balaban J connectivity index is 2.02. The van der Waals surface area contributed by atoms with E-state index in [9.17, 15) is 9.59 Å². The first-order valence-electron chi connectivity index (χ1n) is 9.29. The molecule has 0 saturated carbocycles. The van der Waals surface area contributed by atoms with E-state index >= 15 is 0 Å². The Morgan fingerprint density at radius 1 is 1.04 bits per heavy atom. The van der Waals surface area contributed by atoms with Crippen molar-refractivity contribution in [2.24, 2.45) is 0 Å². The van der Waals surface area contributed by atoms with E-state index < -0.39 is 6.04 Å². The minimum Gasteiger partial charge on any atom is -0.497 e. The monoisotopic (exact) mass is 368 g/mol. The Morgan fingerprint density at radius 2 is 1.70 bits per heavy atom. The molecule has 0 heterocycles. The van der Waals surface area contributed by atoms with Gasteiger partial charge in [-0.1, -0.05) is 49.4 Å². The van der Waals surface area contributed by atoms with Crippen LogP contribution in [0.25, 0.3) is 0 Å². The van der Waals surface area contributed by atoms with Crippen molar-refractivity contribution in [3.8, 4) is 5.75 Å². The zero-order valence-electron chi connectivity index (χ0n) is 16.3. The first kappa shape index (κ1) is 20.5. The maximum absolute atomic E-state index is 12.7. The molecule has 144 valence electrons. The summed E-state index contributed by atoms with van der Waals surface area (Å²) in [5.41, 5.74) is 1.99. The zero-order chi connectivity index (χ0) is 19.6. The van der Waals surface area contributed by atoms with E-state index in [1.54, 1.807) is 18.9 Å². The number of nitrogens with zero attached hydrogens (tertiary/aromatic N) is 1. The summed E-state index contributed by atoms with van der Waals surface area (Å²) in [5, 5.41) is 2.93. The molecule has 27 heavy (non-hydrogen) atoms. The van der Waals surface area contributed by atoms with Gasteiger partial charge in [0.05, 0.1) is 7.11 Å². The summed E-state index contributed by atoms with van der Waals surface area (Å²) in [6.07, 6.45) is 1.19. The van der Waals surface area contributed by atoms with Gasteiger partial charge in [-0.2, -0.15) is 0 Å². The Kier molecular flexibility index (Phi) is 7.86. The van der Waals surface area contributed by atoms with Crippen LogP contribution in [0.3, 0.4) is 0 Å². The van der Waals surface area contributed by atoms with Gasteiger partial charge >= 0.3 is 0 Å². The lowest BCUT2D eigenvalue weighted by molar-refractivity contribution is -0.140. The van der Waals surface area contributed by atoms with Gasteiger partial charge in [-0.05, 0) is 36.6 Å². The number of hydrogen-bond acceptors (Lipinski definition) is 3. The SMILES string of the molecule is CCCC(=O)N(Cc1ccccc1)[C@H](C)C(=O)NCc1ccc(OC)cc1. The highest BCUT2D eigenvalue weighted by atomic mass is 16.5. The highest BCUT2D eigenvalue weighted by Gasteiger charge is 2.25. The smallest absolute Gasteiger partial charge is 0.242 e. The predicted molar refractivity (Wildman–Crippen MR) is 106 cm³/mol. The average molecular weight is 368 g/mol. The Hall–Kier alpha value is -2.82. The van der Waals surface area contributed by atoms with Gasteiger partial charge in [-0.15, -0.1) is 0 Å². The van der Waals surface area contributed by atoms with Gasteiger partial charge in [0, 0.05) is 19.5 Å². The number of hydrogen-bond donors (Lipinski definition) is 1. The lowest BCUT2D eigenvalue weighted by atomic mass is 10.1. The highest BCUT2D eigenvalue weighted by molar-refractivity contribution is 5.87. The van der Waals surface area contributed by atoms with Crippen molar-refractivity contribution in [3.05, 3.63) is 65.7 Å². The average Bonchev–Trinajstić information content (AvgIpc) is 2.71. The largest absolute Gasteiger partial charge is 0.497 e. The van der Waals surface area contributed by atoms with Crippen LogP contribution in [0.4, 0.5) is 0 Å². The molecule has 1 atom stereocenters. The van der Waals surface area contributed by atoms with Crippen LogP contribution >= 0.6 is 0 Å². The molecule has 1 N–H and O–H groups in total. The second-order valence-corrected chi connectivity index (χ2v) is 6.50. The number of benzene rings is 2. The normalized spacial score (nSPS) is 11.5. The van der Waals surface area contributed by atoms with Gasteiger partial charge in [0.2, 0.25) is 11.8 Å². The number of ether oxygens (including phenoxy) is 1. The summed E-state index contributed by atoms with van der Waals surface area (Å²) in [6.45, 7) is 4.58. The molecule has 0 radical (unpaired) electrons. The Bertz CT molecular complexity index is 729. The van der Waals surface area contributed by atoms with Crippen molar-refractivity contribution in [3.63, 3.8) is 0 Å². The summed E-state index contributed by atoms with van der Waals surface area (Å²) in [7, 11) is 1.62. The fraction of sp³-hybridized carbons (Fsp3) is 0.364. The van der Waals surface area contributed by atoms with Gasteiger partial charge < -0.3 is 15.0 Å². The summed E-state index contributed by atoms with van der Waals surface area (Å²) >= 11 is 0. The van der Waals surface area contributed by atoms with Crippen molar-refractivity contribution < 1.29 is 14.3 Å². The summed E-state index contributed by atoms with van der Waals surface area (Å²) in [6, 6.07) is 16.7. The van der Waals surface area contributed by atoms with Crippen molar-refractivity contribution in [1.82, 2.24) is 10.2 Å². The van der Waals surface area contributed by atoms with Crippen LogP contribution in [0.2, 0.25) is 0 Å². The third-order valence-corrected chi connectivity index (χ3v) is 4.45. The van der Waals surface area contributed by atoms with Gasteiger partial charge in [-0.3, -0.25) is 9.59 Å². The quantitative estimate of drug-likeness (QED) is 0.737. The lowest BCUT2D eigenvalue weighted by Crippen LogP contribution is -2.47. The van der Waals surface area contributed by atoms with E-state index in [1.807, 2.05) is 61.5 Å². The van der Waals surface area contributed by atoms with E-state index in [2.05, 4.69) is 5.32 Å². The lowest BCUT2D eigenvalue weighted by Gasteiger charge is -2.28. The minimum absolute atomic E-state index is 0.00606. The van der Waals surface area contributed by atoms with E-state index in [-0.39, 0.29) is 11.8 Å². The maximum atomic E-state index is 12.7. The summed E-state index contributed by atoms with van der Waals surface area (Å²) in [5.74, 6) is 0.609. The number of amides is 2. The second-order valence-electron chi connectivity index (χ2n) is 6.50. The summed E-state index contributed by atoms with van der Waals surface area (Å²) < 4.78 is 5.14. The molecule has 0 unspecified atom stereocenters. The van der Waals surface area contributed by atoms with Crippen LogP contribution in [0.1, 0.15) is 37.8 Å². The number of carbonyl (C=O) groups excluding carboxylic acids is 2. The molecule has 0 aliphatic carbocycles. The second kappa shape index (κ2) is 10.4. The Labute approximate surface area is 161 Å². The standard InChI is InChI=1S/C22H28N2O3/c1-4-8-21(25)24(16-19-9-6-5-7-10-19)17(2)22(26)23-15-18-11-13-20(27-3)14-12-18/h5-7,9-14,17H,4,8,15-16H2,1-3H3,(H,23,26)/t17-/m1/s1. The van der Waals surface area contributed by atoms with Crippen LogP contribution in [0, 0.1) is 0 Å². The van der Waals surface area contributed by atoms with Gasteiger partial charge in [-0.25, -0.2) is 0 Å². The van der Waals surface area contributed by atoms with E-state index in [4.69, 9.17) is 4.74 Å². The molecule has 0 spiro atoms. The molecule has 0 aliphatic heterocycles. The number of carbonyl (C=O) groups is 2. The molecule has 0 fully saturated rings. The zero-order valence-corrected chi connectivity index (χ0v) is 16.3. The molecular weight excluding hydrogens is 340 g/mol. The van der Waals surface area contributed by atoms with Crippen LogP contribution in [-0.2, 0) is 22.7 Å². The van der Waals surface area contributed by atoms with Crippen LogP contribution in [0.15, 0.2) is 54.6 Å². The molecule has 2 aromatic carbocycles. The van der Waals surface area contributed by atoms with E-state index in [0.717, 1.165) is 23.3 Å². The molecule has 0 bridgehead atoms. The molecule has 0 aromatic heterocycles. The fourth-order valence-electron chi connectivity index (χ4n) is 2.80. The molecule has 5 heteroatoms. The molecule has 0 aliphatic rings. The predicted octanol–water partition coefficient (Wildman–Crippen LogP) is 3.53. The maximum Gasteiger partial charge on any atom is 0.242 e. The Morgan fingerprint density at radius 3 is 2.30 bits per heavy atom. The minimum atomic E-state index is -0.539. The van der Waals surface area contributed by atoms with Crippen molar-refractivity contribution in [2.75, 3.05) is 7.11 Å².